The standard InChI is InChI=1S/C20H29F3N2O3S/c1-4-6-7-11-25(19-24-13(3)16(29-19)18(27)28-5-2)17(26)14-9-8-10-15(12-14)20(21,22)23/h14-15H,4-12H2,1-3H3. The highest BCUT2D eigenvalue weighted by Crippen LogP contribution is 2.41. The van der Waals surface area contributed by atoms with Gasteiger partial charge >= 0.3 is 12.1 Å². The summed E-state index contributed by atoms with van der Waals surface area (Å²) < 4.78 is 44.6. The number of hydrogen-bond donors (Lipinski definition) is 0. The molecule has 1 aliphatic rings. The molecule has 1 saturated carbocycles. The van der Waals surface area contributed by atoms with Crippen LogP contribution in [0.3, 0.4) is 0 Å². The fourth-order valence-electron chi connectivity index (χ4n) is 3.64. The van der Waals surface area contributed by atoms with Crippen LogP contribution in [-0.2, 0) is 9.53 Å². The number of thiazole rings is 1. The number of carbonyl (C=O) groups excluding carboxylic acids is 2. The van der Waals surface area contributed by atoms with Gasteiger partial charge in [-0.15, -0.1) is 0 Å². The minimum Gasteiger partial charge on any atom is -0.462 e. The first-order chi connectivity index (χ1) is 13.7. The van der Waals surface area contributed by atoms with E-state index < -0.39 is 24.0 Å². The molecule has 0 bridgehead atoms. The zero-order chi connectivity index (χ0) is 21.6. The second-order valence-electron chi connectivity index (χ2n) is 7.43. The van der Waals surface area contributed by atoms with Gasteiger partial charge in [-0.2, -0.15) is 13.2 Å². The Balaban J connectivity index is 2.24. The summed E-state index contributed by atoms with van der Waals surface area (Å²) in [6.45, 7) is 6.02. The Hall–Kier alpha value is -1.64. The van der Waals surface area contributed by atoms with Gasteiger partial charge in [0.2, 0.25) is 5.91 Å². The van der Waals surface area contributed by atoms with E-state index in [0.717, 1.165) is 30.6 Å². The molecule has 1 aromatic rings. The lowest BCUT2D eigenvalue weighted by Crippen LogP contribution is -2.41. The number of esters is 1. The van der Waals surface area contributed by atoms with Gasteiger partial charge in [-0.1, -0.05) is 37.5 Å². The van der Waals surface area contributed by atoms with Gasteiger partial charge in [0.25, 0.3) is 0 Å². The highest BCUT2D eigenvalue weighted by molar-refractivity contribution is 7.17. The quantitative estimate of drug-likeness (QED) is 0.399. The molecule has 5 nitrogen and oxygen atoms in total. The number of aryl methyl sites for hydroxylation is 1. The molecule has 0 saturated heterocycles. The van der Waals surface area contributed by atoms with Crippen molar-refractivity contribution in [3.8, 4) is 0 Å². The summed E-state index contributed by atoms with van der Waals surface area (Å²) in [4.78, 5) is 31.5. The van der Waals surface area contributed by atoms with Gasteiger partial charge in [-0.3, -0.25) is 9.69 Å². The molecule has 2 rings (SSSR count). The van der Waals surface area contributed by atoms with Gasteiger partial charge in [0, 0.05) is 12.5 Å². The van der Waals surface area contributed by atoms with Crippen LogP contribution in [-0.4, -0.2) is 36.2 Å². The molecule has 0 aromatic carbocycles. The summed E-state index contributed by atoms with van der Waals surface area (Å²) >= 11 is 1.07. The van der Waals surface area contributed by atoms with Crippen LogP contribution >= 0.6 is 11.3 Å². The summed E-state index contributed by atoms with van der Waals surface area (Å²) in [6.07, 6.45) is -0.972. The lowest BCUT2D eigenvalue weighted by atomic mass is 9.80. The van der Waals surface area contributed by atoms with E-state index >= 15 is 0 Å². The number of carbonyl (C=O) groups is 2. The lowest BCUT2D eigenvalue weighted by molar-refractivity contribution is -0.186. The van der Waals surface area contributed by atoms with E-state index in [4.69, 9.17) is 4.74 Å². The number of halogens is 3. The van der Waals surface area contributed by atoms with Crippen molar-refractivity contribution in [2.45, 2.75) is 71.9 Å². The van der Waals surface area contributed by atoms with Gasteiger partial charge in [0.05, 0.1) is 18.2 Å². The summed E-state index contributed by atoms with van der Waals surface area (Å²) in [5, 5.41) is 0.362. The minimum absolute atomic E-state index is 0.0759. The van der Waals surface area contributed by atoms with E-state index in [1.807, 2.05) is 6.92 Å². The summed E-state index contributed by atoms with van der Waals surface area (Å²) in [5.74, 6) is -2.92. The fourth-order valence-corrected chi connectivity index (χ4v) is 4.63. The molecule has 29 heavy (non-hydrogen) atoms. The third-order valence-electron chi connectivity index (χ3n) is 5.21. The molecule has 1 aromatic heterocycles. The topological polar surface area (TPSA) is 59.5 Å². The average Bonchev–Trinajstić information content (AvgIpc) is 3.06. The Bertz CT molecular complexity index is 706. The van der Waals surface area contributed by atoms with Gasteiger partial charge in [-0.05, 0) is 39.5 Å². The summed E-state index contributed by atoms with van der Waals surface area (Å²) in [5.41, 5.74) is 0.466. The van der Waals surface area contributed by atoms with E-state index in [9.17, 15) is 22.8 Å². The molecule has 1 fully saturated rings. The van der Waals surface area contributed by atoms with Crippen LogP contribution in [0.2, 0.25) is 0 Å². The molecular weight excluding hydrogens is 405 g/mol. The number of aromatic nitrogens is 1. The number of unbranched alkanes of at least 4 members (excludes halogenated alkanes) is 2. The monoisotopic (exact) mass is 434 g/mol. The van der Waals surface area contributed by atoms with Crippen molar-refractivity contribution in [3.63, 3.8) is 0 Å². The van der Waals surface area contributed by atoms with Crippen molar-refractivity contribution in [2.75, 3.05) is 18.1 Å². The first-order valence-corrected chi connectivity index (χ1v) is 11.0. The predicted octanol–water partition coefficient (Wildman–Crippen LogP) is 5.52. The van der Waals surface area contributed by atoms with E-state index in [2.05, 4.69) is 4.98 Å². The first kappa shape index (κ1) is 23.6. The fraction of sp³-hybridized carbons (Fsp3) is 0.750. The second kappa shape index (κ2) is 10.4. The number of rotatable bonds is 8. The Morgan fingerprint density at radius 1 is 1.24 bits per heavy atom. The van der Waals surface area contributed by atoms with Crippen LogP contribution in [0.25, 0.3) is 0 Å². The second-order valence-corrected chi connectivity index (χ2v) is 8.41. The van der Waals surface area contributed by atoms with Gasteiger partial charge < -0.3 is 4.74 Å². The van der Waals surface area contributed by atoms with Crippen molar-refractivity contribution < 1.29 is 27.5 Å². The van der Waals surface area contributed by atoms with Crippen LogP contribution in [0.4, 0.5) is 18.3 Å². The maximum absolute atomic E-state index is 13.2. The van der Waals surface area contributed by atoms with Crippen LogP contribution in [0.5, 0.6) is 0 Å². The molecule has 1 aliphatic carbocycles. The van der Waals surface area contributed by atoms with Crippen LogP contribution < -0.4 is 4.90 Å². The molecule has 1 amide bonds. The van der Waals surface area contributed by atoms with Crippen molar-refractivity contribution in [3.05, 3.63) is 10.6 Å². The normalized spacial score (nSPS) is 19.8. The number of hydrogen-bond acceptors (Lipinski definition) is 5. The maximum Gasteiger partial charge on any atom is 0.391 e. The Labute approximate surface area is 173 Å². The van der Waals surface area contributed by atoms with E-state index in [0.29, 0.717) is 35.1 Å². The van der Waals surface area contributed by atoms with Crippen LogP contribution in [0.15, 0.2) is 0 Å². The Morgan fingerprint density at radius 2 is 1.97 bits per heavy atom. The summed E-state index contributed by atoms with van der Waals surface area (Å²) in [7, 11) is 0. The SMILES string of the molecule is CCCCCN(C(=O)C1CCCC(C(F)(F)F)C1)c1nc(C)c(C(=O)OCC)s1. The molecular formula is C20H29F3N2O3S. The van der Waals surface area contributed by atoms with Gasteiger partial charge in [0.1, 0.15) is 4.88 Å². The number of amides is 1. The molecule has 1 heterocycles. The molecule has 0 N–H and O–H groups in total. The highest BCUT2D eigenvalue weighted by atomic mass is 32.1. The summed E-state index contributed by atoms with van der Waals surface area (Å²) in [6, 6.07) is 0. The smallest absolute Gasteiger partial charge is 0.391 e. The third-order valence-corrected chi connectivity index (χ3v) is 6.38. The van der Waals surface area contributed by atoms with E-state index in [-0.39, 0.29) is 25.4 Å². The van der Waals surface area contributed by atoms with Crippen molar-refractivity contribution >= 4 is 28.3 Å². The number of anilines is 1. The highest BCUT2D eigenvalue weighted by Gasteiger charge is 2.44. The number of alkyl halides is 3. The molecule has 164 valence electrons. The van der Waals surface area contributed by atoms with E-state index in [1.165, 1.54) is 4.90 Å². The van der Waals surface area contributed by atoms with Gasteiger partial charge in [-0.25, -0.2) is 9.78 Å². The maximum atomic E-state index is 13.2. The van der Waals surface area contributed by atoms with Crippen LogP contribution in [0, 0.1) is 18.8 Å². The van der Waals surface area contributed by atoms with Crippen molar-refractivity contribution in [1.29, 1.82) is 0 Å². The predicted molar refractivity (Wildman–Crippen MR) is 106 cm³/mol. The van der Waals surface area contributed by atoms with E-state index in [1.54, 1.807) is 13.8 Å². The number of nitrogens with zero attached hydrogens (tertiary/aromatic N) is 2. The van der Waals surface area contributed by atoms with Crippen molar-refractivity contribution in [2.24, 2.45) is 11.8 Å². The minimum atomic E-state index is -4.28. The van der Waals surface area contributed by atoms with Crippen molar-refractivity contribution in [1.82, 2.24) is 4.98 Å². The zero-order valence-electron chi connectivity index (χ0n) is 17.2. The third kappa shape index (κ3) is 6.17. The molecule has 2 unspecified atom stereocenters. The molecule has 0 aliphatic heterocycles. The molecule has 2 atom stereocenters. The van der Waals surface area contributed by atoms with Crippen LogP contribution in [0.1, 0.15) is 74.2 Å². The first-order valence-electron chi connectivity index (χ1n) is 10.2. The lowest BCUT2D eigenvalue weighted by Gasteiger charge is -2.32. The Kier molecular flexibility index (Phi) is 8.48. The molecule has 9 heteroatoms. The molecule has 0 radical (unpaired) electrons. The largest absolute Gasteiger partial charge is 0.462 e. The van der Waals surface area contributed by atoms with Gasteiger partial charge in [0.15, 0.2) is 5.13 Å². The zero-order valence-corrected chi connectivity index (χ0v) is 18.0. The average molecular weight is 435 g/mol. The number of ether oxygens (including phenoxy) is 1. The Morgan fingerprint density at radius 3 is 2.59 bits per heavy atom. The molecule has 0 spiro atoms.